The van der Waals surface area contributed by atoms with Crippen LogP contribution in [0.5, 0.6) is 0 Å². The largest absolute Gasteiger partial charge is 0.300 e. The molecule has 0 atom stereocenters. The van der Waals surface area contributed by atoms with Crippen LogP contribution in [0.4, 0.5) is 0 Å². The first-order valence-electron chi connectivity index (χ1n) is 5.32. The zero-order valence-corrected chi connectivity index (χ0v) is 11.0. The summed E-state index contributed by atoms with van der Waals surface area (Å²) in [7, 11) is -3.11. The quantitative estimate of drug-likeness (QED) is 0.718. The molecule has 7 heteroatoms. The van der Waals surface area contributed by atoms with Crippen LogP contribution in [0.3, 0.4) is 0 Å². The summed E-state index contributed by atoms with van der Waals surface area (Å²) in [6.45, 7) is 6.66. The molecule has 92 valence electrons. The monoisotopic (exact) mass is 246 g/mol. The topological polar surface area (TPSA) is 68.1 Å². The molecule has 6 nitrogen and oxygen atoms in total. The van der Waals surface area contributed by atoms with Crippen LogP contribution in [0.25, 0.3) is 0 Å². The molecule has 1 aliphatic heterocycles. The highest BCUT2D eigenvalue weighted by atomic mass is 32.2. The lowest BCUT2D eigenvalue weighted by atomic mass is 10.3. The molecule has 2 heterocycles. The van der Waals surface area contributed by atoms with Crippen LogP contribution in [0, 0.1) is 6.92 Å². The first kappa shape index (κ1) is 13.1. The molecule has 0 radical (unpaired) electrons. The van der Waals surface area contributed by atoms with Gasteiger partial charge in [-0.25, -0.2) is 8.42 Å². The fraction of sp³-hybridized carbons (Fsp3) is 0.778. The van der Waals surface area contributed by atoms with Crippen LogP contribution in [-0.2, 0) is 23.1 Å². The highest BCUT2D eigenvalue weighted by Crippen LogP contribution is 2.13. The SMILES string of the molecule is CC.Cc1nnc2n1CN(S(C)(=O)=O)CC2. The van der Waals surface area contributed by atoms with E-state index in [1.165, 1.54) is 10.6 Å². The molecule has 0 aliphatic carbocycles. The van der Waals surface area contributed by atoms with Gasteiger partial charge >= 0.3 is 0 Å². The smallest absolute Gasteiger partial charge is 0.212 e. The Morgan fingerprint density at radius 2 is 1.88 bits per heavy atom. The predicted octanol–water partition coefficient (Wildman–Crippen LogP) is 0.388. The Kier molecular flexibility index (Phi) is 4.03. The Labute approximate surface area is 96.3 Å². The maximum atomic E-state index is 11.3. The van der Waals surface area contributed by atoms with Crippen molar-refractivity contribution >= 4 is 10.0 Å². The van der Waals surface area contributed by atoms with E-state index in [0.717, 1.165) is 11.6 Å². The lowest BCUT2D eigenvalue weighted by Crippen LogP contribution is -2.38. The molecule has 0 aromatic carbocycles. The van der Waals surface area contributed by atoms with E-state index in [0.29, 0.717) is 19.6 Å². The van der Waals surface area contributed by atoms with Gasteiger partial charge in [-0.15, -0.1) is 10.2 Å². The molecular formula is C9H18N4O2S. The highest BCUT2D eigenvalue weighted by Gasteiger charge is 2.24. The number of aromatic nitrogens is 3. The van der Waals surface area contributed by atoms with Crippen LogP contribution in [0.1, 0.15) is 25.5 Å². The van der Waals surface area contributed by atoms with E-state index in [1.807, 2.05) is 25.3 Å². The van der Waals surface area contributed by atoms with Crippen LogP contribution in [0.2, 0.25) is 0 Å². The zero-order chi connectivity index (χ0) is 12.3. The Bertz CT molecular complexity index is 452. The predicted molar refractivity (Wildman–Crippen MR) is 61.4 cm³/mol. The van der Waals surface area contributed by atoms with Gasteiger partial charge in [-0.3, -0.25) is 0 Å². The summed E-state index contributed by atoms with van der Waals surface area (Å²) < 4.78 is 25.9. The van der Waals surface area contributed by atoms with Crippen molar-refractivity contribution in [3.63, 3.8) is 0 Å². The third-order valence-electron chi connectivity index (χ3n) is 2.37. The molecule has 0 saturated carbocycles. The van der Waals surface area contributed by atoms with Crippen molar-refractivity contribution in [1.82, 2.24) is 19.1 Å². The van der Waals surface area contributed by atoms with Gasteiger partial charge in [-0.05, 0) is 6.92 Å². The van der Waals surface area contributed by atoms with Crippen LogP contribution in [-0.4, -0.2) is 40.3 Å². The molecular weight excluding hydrogens is 228 g/mol. The summed E-state index contributed by atoms with van der Waals surface area (Å²) >= 11 is 0. The lowest BCUT2D eigenvalue weighted by Gasteiger charge is -2.25. The number of fused-ring (bicyclic) bond motifs is 1. The molecule has 1 aromatic rings. The van der Waals surface area contributed by atoms with Gasteiger partial charge in [0.05, 0.1) is 12.9 Å². The summed E-state index contributed by atoms with van der Waals surface area (Å²) in [5.74, 6) is 1.62. The van der Waals surface area contributed by atoms with Crippen molar-refractivity contribution in [3.05, 3.63) is 11.6 Å². The number of sulfonamides is 1. The lowest BCUT2D eigenvalue weighted by molar-refractivity contribution is 0.308. The molecule has 0 N–H and O–H groups in total. The molecule has 16 heavy (non-hydrogen) atoms. The number of nitrogens with zero attached hydrogens (tertiary/aromatic N) is 4. The van der Waals surface area contributed by atoms with E-state index >= 15 is 0 Å². The first-order valence-corrected chi connectivity index (χ1v) is 7.17. The minimum absolute atomic E-state index is 0.340. The molecule has 1 aromatic heterocycles. The Morgan fingerprint density at radius 1 is 1.25 bits per heavy atom. The average molecular weight is 246 g/mol. The molecule has 0 amide bonds. The summed E-state index contributed by atoms with van der Waals surface area (Å²) in [5, 5.41) is 7.87. The van der Waals surface area contributed by atoms with Crippen molar-refractivity contribution in [2.45, 2.75) is 33.9 Å². The summed E-state index contributed by atoms with van der Waals surface area (Å²) in [6.07, 6.45) is 1.85. The first-order chi connectivity index (χ1) is 7.48. The Morgan fingerprint density at radius 3 is 2.44 bits per heavy atom. The molecule has 2 rings (SSSR count). The van der Waals surface area contributed by atoms with E-state index in [-0.39, 0.29) is 0 Å². The third kappa shape index (κ3) is 2.59. The van der Waals surface area contributed by atoms with Crippen molar-refractivity contribution < 1.29 is 8.42 Å². The van der Waals surface area contributed by atoms with E-state index in [1.54, 1.807) is 0 Å². The normalized spacial score (nSPS) is 16.2. The van der Waals surface area contributed by atoms with Gasteiger partial charge in [0, 0.05) is 13.0 Å². The van der Waals surface area contributed by atoms with Gasteiger partial charge in [0.15, 0.2) is 0 Å². The molecule has 0 unspecified atom stereocenters. The van der Waals surface area contributed by atoms with Crippen LogP contribution >= 0.6 is 0 Å². The molecule has 0 fully saturated rings. The van der Waals surface area contributed by atoms with Gasteiger partial charge in [0.2, 0.25) is 10.0 Å². The average Bonchev–Trinajstić information content (AvgIpc) is 2.62. The van der Waals surface area contributed by atoms with E-state index < -0.39 is 10.0 Å². The van der Waals surface area contributed by atoms with Gasteiger partial charge in [-0.2, -0.15) is 4.31 Å². The number of hydrogen-bond donors (Lipinski definition) is 0. The number of hydrogen-bond acceptors (Lipinski definition) is 4. The van der Waals surface area contributed by atoms with Crippen LogP contribution in [0.15, 0.2) is 0 Å². The van der Waals surface area contributed by atoms with Gasteiger partial charge in [0.25, 0.3) is 0 Å². The van der Waals surface area contributed by atoms with Gasteiger partial charge in [-0.1, -0.05) is 13.8 Å². The third-order valence-corrected chi connectivity index (χ3v) is 3.60. The maximum Gasteiger partial charge on any atom is 0.212 e. The van der Waals surface area contributed by atoms with E-state index in [9.17, 15) is 8.42 Å². The molecule has 0 saturated heterocycles. The number of rotatable bonds is 1. The molecule has 1 aliphatic rings. The standard InChI is InChI=1S/C7H12N4O2S.C2H6/c1-6-8-9-7-3-4-10(5-11(6)7)14(2,12)13;1-2/h3-5H2,1-2H3;1-2H3. The van der Waals surface area contributed by atoms with E-state index in [4.69, 9.17) is 0 Å². The van der Waals surface area contributed by atoms with Crippen molar-refractivity contribution in [2.75, 3.05) is 12.8 Å². The maximum absolute atomic E-state index is 11.3. The summed E-state index contributed by atoms with van der Waals surface area (Å²) in [4.78, 5) is 0. The second kappa shape index (κ2) is 4.92. The molecule has 0 spiro atoms. The second-order valence-corrected chi connectivity index (χ2v) is 5.40. The second-order valence-electron chi connectivity index (χ2n) is 3.42. The minimum atomic E-state index is -3.11. The van der Waals surface area contributed by atoms with Crippen molar-refractivity contribution in [2.24, 2.45) is 0 Å². The van der Waals surface area contributed by atoms with Crippen molar-refractivity contribution in [3.8, 4) is 0 Å². The number of aryl methyl sites for hydroxylation is 1. The van der Waals surface area contributed by atoms with E-state index in [2.05, 4.69) is 10.2 Å². The van der Waals surface area contributed by atoms with Gasteiger partial charge < -0.3 is 4.57 Å². The fourth-order valence-corrected chi connectivity index (χ4v) is 2.27. The fourth-order valence-electron chi connectivity index (χ4n) is 1.52. The zero-order valence-electron chi connectivity index (χ0n) is 10.1. The summed E-state index contributed by atoms with van der Waals surface area (Å²) in [5.41, 5.74) is 0. The molecule has 0 bridgehead atoms. The van der Waals surface area contributed by atoms with Crippen molar-refractivity contribution in [1.29, 1.82) is 0 Å². The van der Waals surface area contributed by atoms with Gasteiger partial charge in [0.1, 0.15) is 11.6 Å². The summed E-state index contributed by atoms with van der Waals surface area (Å²) in [6, 6.07) is 0. The Balaban J connectivity index is 0.000000606. The highest BCUT2D eigenvalue weighted by molar-refractivity contribution is 7.88. The Hall–Kier alpha value is -0.950. The minimum Gasteiger partial charge on any atom is -0.300 e. The van der Waals surface area contributed by atoms with Crippen LogP contribution < -0.4 is 0 Å².